The van der Waals surface area contributed by atoms with Gasteiger partial charge in [-0.3, -0.25) is 4.79 Å². The number of carbonyl (C=O) groups is 2. The van der Waals surface area contributed by atoms with Crippen LogP contribution in [0.5, 0.6) is 5.75 Å². The first kappa shape index (κ1) is 13.7. The topological polar surface area (TPSA) is 77.8 Å². The van der Waals surface area contributed by atoms with E-state index in [-0.39, 0.29) is 11.3 Å². The molecule has 1 heterocycles. The van der Waals surface area contributed by atoms with Crippen LogP contribution in [-0.4, -0.2) is 39.1 Å². The van der Waals surface area contributed by atoms with Crippen molar-refractivity contribution in [3.8, 4) is 5.75 Å². The first-order valence-electron chi connectivity index (χ1n) is 5.90. The highest BCUT2D eigenvalue weighted by molar-refractivity contribution is 6.30. The summed E-state index contributed by atoms with van der Waals surface area (Å²) in [4.78, 5) is 25.0. The van der Waals surface area contributed by atoms with Gasteiger partial charge in [-0.05, 0) is 38.0 Å². The molecule has 1 aromatic rings. The SMILES string of the molecule is CC1(C(=O)O)CCCN1C(=O)c1ccc(Cl)cc1O. The molecule has 1 atom stereocenters. The number of amides is 1. The fourth-order valence-corrected chi connectivity index (χ4v) is 2.51. The number of nitrogens with zero attached hydrogens (tertiary/aromatic N) is 1. The minimum atomic E-state index is -1.22. The van der Waals surface area contributed by atoms with Gasteiger partial charge in [-0.15, -0.1) is 0 Å². The van der Waals surface area contributed by atoms with Gasteiger partial charge in [-0.1, -0.05) is 11.6 Å². The van der Waals surface area contributed by atoms with Crippen molar-refractivity contribution in [2.75, 3.05) is 6.54 Å². The number of phenolic OH excluding ortho intramolecular Hbond substituents is 1. The molecular weight excluding hydrogens is 270 g/mol. The molecule has 0 radical (unpaired) electrons. The zero-order valence-electron chi connectivity index (χ0n) is 10.4. The minimum absolute atomic E-state index is 0.0683. The molecule has 1 unspecified atom stereocenters. The van der Waals surface area contributed by atoms with Crippen LogP contribution in [0.1, 0.15) is 30.1 Å². The molecule has 1 aliphatic rings. The van der Waals surface area contributed by atoms with Gasteiger partial charge in [0.25, 0.3) is 5.91 Å². The van der Waals surface area contributed by atoms with Gasteiger partial charge in [0.15, 0.2) is 0 Å². The van der Waals surface area contributed by atoms with Gasteiger partial charge in [0.1, 0.15) is 11.3 Å². The third-order valence-corrected chi connectivity index (χ3v) is 3.77. The average Bonchev–Trinajstić information content (AvgIpc) is 2.72. The first-order valence-corrected chi connectivity index (χ1v) is 6.28. The summed E-state index contributed by atoms with van der Waals surface area (Å²) < 4.78 is 0. The molecule has 0 spiro atoms. The molecule has 1 saturated heterocycles. The summed E-state index contributed by atoms with van der Waals surface area (Å²) in [7, 11) is 0. The number of hydrogen-bond donors (Lipinski definition) is 2. The molecule has 102 valence electrons. The molecule has 0 aromatic heterocycles. The number of halogens is 1. The van der Waals surface area contributed by atoms with Crippen LogP contribution in [-0.2, 0) is 4.79 Å². The Morgan fingerprint density at radius 3 is 2.68 bits per heavy atom. The van der Waals surface area contributed by atoms with Crippen LogP contribution >= 0.6 is 11.6 Å². The standard InChI is InChI=1S/C13H14ClNO4/c1-13(12(18)19)5-2-6-15(13)11(17)9-4-3-8(14)7-10(9)16/h3-4,7,16H,2,5-6H2,1H3,(H,18,19). The van der Waals surface area contributed by atoms with E-state index in [1.165, 1.54) is 30.0 Å². The molecule has 2 rings (SSSR count). The Morgan fingerprint density at radius 1 is 1.42 bits per heavy atom. The van der Waals surface area contributed by atoms with Crippen molar-refractivity contribution >= 4 is 23.5 Å². The zero-order chi connectivity index (χ0) is 14.2. The van der Waals surface area contributed by atoms with Crippen LogP contribution in [0.4, 0.5) is 0 Å². The van der Waals surface area contributed by atoms with Crippen molar-refractivity contribution in [2.45, 2.75) is 25.3 Å². The quantitative estimate of drug-likeness (QED) is 0.871. The van der Waals surface area contributed by atoms with E-state index in [4.69, 9.17) is 11.6 Å². The summed E-state index contributed by atoms with van der Waals surface area (Å²) in [6.07, 6.45) is 1.03. The molecule has 19 heavy (non-hydrogen) atoms. The second-order valence-electron chi connectivity index (χ2n) is 4.80. The third kappa shape index (κ3) is 2.26. The summed E-state index contributed by atoms with van der Waals surface area (Å²) in [5, 5.41) is 19.3. The lowest BCUT2D eigenvalue weighted by atomic mass is 9.98. The number of hydrogen-bond acceptors (Lipinski definition) is 3. The Bertz CT molecular complexity index is 545. The maximum Gasteiger partial charge on any atom is 0.329 e. The molecule has 0 saturated carbocycles. The van der Waals surface area contributed by atoms with Gasteiger partial charge in [0, 0.05) is 11.6 Å². The Hall–Kier alpha value is -1.75. The van der Waals surface area contributed by atoms with Gasteiger partial charge in [-0.25, -0.2) is 4.79 Å². The molecule has 0 bridgehead atoms. The predicted molar refractivity (Wildman–Crippen MR) is 69.4 cm³/mol. The number of likely N-dealkylation sites (tertiary alicyclic amines) is 1. The molecule has 1 aliphatic heterocycles. The van der Waals surface area contributed by atoms with Gasteiger partial charge >= 0.3 is 5.97 Å². The van der Waals surface area contributed by atoms with E-state index < -0.39 is 17.4 Å². The largest absolute Gasteiger partial charge is 0.507 e. The lowest BCUT2D eigenvalue weighted by Crippen LogP contribution is -2.50. The van der Waals surface area contributed by atoms with Crippen LogP contribution in [0, 0.1) is 0 Å². The highest BCUT2D eigenvalue weighted by Gasteiger charge is 2.46. The van der Waals surface area contributed by atoms with E-state index in [1.54, 1.807) is 0 Å². The highest BCUT2D eigenvalue weighted by atomic mass is 35.5. The van der Waals surface area contributed by atoms with Crippen molar-refractivity contribution < 1.29 is 19.8 Å². The summed E-state index contributed by atoms with van der Waals surface area (Å²) >= 11 is 5.71. The van der Waals surface area contributed by atoms with Gasteiger partial charge in [0.05, 0.1) is 5.56 Å². The second kappa shape index (κ2) is 4.74. The van der Waals surface area contributed by atoms with Crippen molar-refractivity contribution in [1.29, 1.82) is 0 Å². The summed E-state index contributed by atoms with van der Waals surface area (Å²) in [5.74, 6) is -1.76. The summed E-state index contributed by atoms with van der Waals surface area (Å²) in [6.45, 7) is 1.89. The van der Waals surface area contributed by atoms with Gasteiger partial charge in [0.2, 0.25) is 0 Å². The molecule has 6 heteroatoms. The van der Waals surface area contributed by atoms with Gasteiger partial charge in [-0.2, -0.15) is 0 Å². The van der Waals surface area contributed by atoms with E-state index >= 15 is 0 Å². The third-order valence-electron chi connectivity index (χ3n) is 3.54. The maximum atomic E-state index is 12.4. The fourth-order valence-electron chi connectivity index (χ4n) is 2.34. The predicted octanol–water partition coefficient (Wildman–Crippen LogP) is 2.12. The number of carbonyl (C=O) groups excluding carboxylic acids is 1. The fraction of sp³-hybridized carbons (Fsp3) is 0.385. The Labute approximate surface area is 115 Å². The van der Waals surface area contributed by atoms with Crippen LogP contribution in [0.25, 0.3) is 0 Å². The Kier molecular flexibility index (Phi) is 3.41. The second-order valence-corrected chi connectivity index (χ2v) is 5.24. The minimum Gasteiger partial charge on any atom is -0.507 e. The number of carboxylic acids is 1. The smallest absolute Gasteiger partial charge is 0.329 e. The normalized spacial score (nSPS) is 22.5. The van der Waals surface area contributed by atoms with E-state index in [1.807, 2.05) is 0 Å². The number of aromatic hydroxyl groups is 1. The van der Waals surface area contributed by atoms with Crippen LogP contribution in [0.15, 0.2) is 18.2 Å². The number of aliphatic carboxylic acids is 1. The molecule has 1 fully saturated rings. The zero-order valence-corrected chi connectivity index (χ0v) is 11.1. The molecule has 0 aliphatic carbocycles. The van der Waals surface area contributed by atoms with Crippen molar-refractivity contribution in [3.63, 3.8) is 0 Å². The number of benzene rings is 1. The van der Waals surface area contributed by atoms with Crippen molar-refractivity contribution in [2.24, 2.45) is 0 Å². The molecule has 5 nitrogen and oxygen atoms in total. The van der Waals surface area contributed by atoms with E-state index in [0.717, 1.165) is 0 Å². The molecule has 1 aromatic carbocycles. The Morgan fingerprint density at radius 2 is 2.11 bits per heavy atom. The Balaban J connectivity index is 2.36. The number of rotatable bonds is 2. The number of carboxylic acid groups (broad SMARTS) is 1. The highest BCUT2D eigenvalue weighted by Crippen LogP contribution is 2.33. The van der Waals surface area contributed by atoms with Crippen molar-refractivity contribution in [3.05, 3.63) is 28.8 Å². The van der Waals surface area contributed by atoms with Crippen LogP contribution in [0.3, 0.4) is 0 Å². The van der Waals surface area contributed by atoms with Crippen LogP contribution < -0.4 is 0 Å². The van der Waals surface area contributed by atoms with Crippen LogP contribution in [0.2, 0.25) is 5.02 Å². The maximum absolute atomic E-state index is 12.4. The molecule has 2 N–H and O–H groups in total. The number of phenols is 1. The lowest BCUT2D eigenvalue weighted by molar-refractivity contribution is -0.147. The van der Waals surface area contributed by atoms with E-state index in [0.29, 0.717) is 24.4 Å². The van der Waals surface area contributed by atoms with E-state index in [9.17, 15) is 19.8 Å². The molecule has 1 amide bonds. The summed E-state index contributed by atoms with van der Waals surface area (Å²) in [6, 6.07) is 4.16. The first-order chi connectivity index (χ1) is 8.86. The van der Waals surface area contributed by atoms with Crippen molar-refractivity contribution in [1.82, 2.24) is 4.90 Å². The average molecular weight is 284 g/mol. The molecular formula is C13H14ClNO4. The summed E-state index contributed by atoms with van der Waals surface area (Å²) in [5.41, 5.74) is -1.15. The lowest BCUT2D eigenvalue weighted by Gasteiger charge is -2.31. The monoisotopic (exact) mass is 283 g/mol. The van der Waals surface area contributed by atoms with Gasteiger partial charge < -0.3 is 15.1 Å². The van der Waals surface area contributed by atoms with E-state index in [2.05, 4.69) is 0 Å².